The molecule has 0 aromatic heterocycles. The zero-order valence-electron chi connectivity index (χ0n) is 17.3. The number of phenols is 1. The van der Waals surface area contributed by atoms with E-state index in [1.165, 1.54) is 19.1 Å². The molecule has 1 aliphatic carbocycles. The molecule has 0 spiro atoms. The minimum Gasteiger partial charge on any atom is -0.507 e. The standard InChI is InChI=1S/C20H27BN2O8/c1-11(24)22-14-4-2-13(8-14)19(26)23-9-15(10-23)31-16-5-3-12(6-7-21(29)30)18(25)17(16)20(27)28/h3,5,13-15,25,29-30H,2,4,6-10H2,1H3,(H,22,24)(H,27,28)/t13-,14-/m0/s1. The Bertz CT molecular complexity index is 856. The summed E-state index contributed by atoms with van der Waals surface area (Å²) in [7, 11) is -1.56. The summed E-state index contributed by atoms with van der Waals surface area (Å²) in [6, 6.07) is 2.94. The van der Waals surface area contributed by atoms with E-state index in [0.29, 0.717) is 25.9 Å². The highest BCUT2D eigenvalue weighted by atomic mass is 16.5. The molecule has 1 aliphatic heterocycles. The van der Waals surface area contributed by atoms with Crippen LogP contribution in [0.3, 0.4) is 0 Å². The highest BCUT2D eigenvalue weighted by Crippen LogP contribution is 2.35. The molecule has 1 aromatic rings. The van der Waals surface area contributed by atoms with Gasteiger partial charge < -0.3 is 35.2 Å². The lowest BCUT2D eigenvalue weighted by molar-refractivity contribution is -0.144. The largest absolute Gasteiger partial charge is 0.507 e. The SMILES string of the molecule is CC(=O)N[C@H]1CC[C@H](C(=O)N2CC(Oc3ccc(CCB(O)O)c(O)c3C(=O)O)C2)C1. The summed E-state index contributed by atoms with van der Waals surface area (Å²) in [5.74, 6) is -2.06. The second-order valence-corrected chi connectivity index (χ2v) is 8.16. The monoisotopic (exact) mass is 434 g/mol. The van der Waals surface area contributed by atoms with Crippen LogP contribution in [-0.2, 0) is 16.0 Å². The first-order valence-electron chi connectivity index (χ1n) is 10.3. The summed E-state index contributed by atoms with van der Waals surface area (Å²) in [6.07, 6.45) is 1.76. The van der Waals surface area contributed by atoms with Gasteiger partial charge in [0.1, 0.15) is 23.2 Å². The van der Waals surface area contributed by atoms with Crippen LogP contribution in [0.4, 0.5) is 0 Å². The zero-order chi connectivity index (χ0) is 22.7. The number of carboxylic acids is 1. The average molecular weight is 434 g/mol. The number of ether oxygens (including phenoxy) is 1. The third-order valence-corrected chi connectivity index (χ3v) is 5.75. The maximum Gasteiger partial charge on any atom is 0.451 e. The van der Waals surface area contributed by atoms with Gasteiger partial charge in [-0.25, -0.2) is 4.79 Å². The highest BCUT2D eigenvalue weighted by Gasteiger charge is 2.39. The van der Waals surface area contributed by atoms with Crippen molar-refractivity contribution in [3.8, 4) is 11.5 Å². The first kappa shape index (κ1) is 22.9. The summed E-state index contributed by atoms with van der Waals surface area (Å²) in [5, 5.41) is 40.6. The molecule has 1 saturated heterocycles. The lowest BCUT2D eigenvalue weighted by atomic mass is 9.82. The molecule has 5 N–H and O–H groups in total. The number of nitrogens with one attached hydrogen (secondary N) is 1. The number of carboxylic acid groups (broad SMARTS) is 1. The predicted molar refractivity (Wildman–Crippen MR) is 110 cm³/mol. The van der Waals surface area contributed by atoms with Crippen LogP contribution >= 0.6 is 0 Å². The van der Waals surface area contributed by atoms with Crippen molar-refractivity contribution < 1.29 is 39.4 Å². The topological polar surface area (TPSA) is 157 Å². The molecule has 2 atom stereocenters. The van der Waals surface area contributed by atoms with Gasteiger partial charge in [-0.15, -0.1) is 0 Å². The molecule has 0 bridgehead atoms. The molecule has 2 fully saturated rings. The van der Waals surface area contributed by atoms with Gasteiger partial charge in [0.05, 0.1) is 13.1 Å². The van der Waals surface area contributed by atoms with Crippen molar-refractivity contribution in [2.75, 3.05) is 13.1 Å². The first-order valence-corrected chi connectivity index (χ1v) is 10.3. The molecule has 1 heterocycles. The molecule has 11 heteroatoms. The number of hydrogen-bond donors (Lipinski definition) is 5. The second-order valence-electron chi connectivity index (χ2n) is 8.16. The number of aryl methyl sites for hydroxylation is 1. The normalized spacial score (nSPS) is 20.8. The number of nitrogens with zero attached hydrogens (tertiary/aromatic N) is 1. The molecule has 168 valence electrons. The molecular formula is C20H27BN2O8. The van der Waals surface area contributed by atoms with Crippen molar-refractivity contribution in [2.24, 2.45) is 5.92 Å². The lowest BCUT2D eigenvalue weighted by Gasteiger charge is -2.40. The summed E-state index contributed by atoms with van der Waals surface area (Å²) in [5.41, 5.74) is -0.109. The smallest absolute Gasteiger partial charge is 0.451 e. The summed E-state index contributed by atoms with van der Waals surface area (Å²) < 4.78 is 5.73. The molecule has 2 aliphatic rings. The number of hydrogen-bond acceptors (Lipinski definition) is 7. The Balaban J connectivity index is 1.57. The van der Waals surface area contributed by atoms with E-state index in [2.05, 4.69) is 5.32 Å². The van der Waals surface area contributed by atoms with Gasteiger partial charge in [-0.3, -0.25) is 9.59 Å². The zero-order valence-corrected chi connectivity index (χ0v) is 17.3. The molecule has 10 nitrogen and oxygen atoms in total. The molecule has 0 radical (unpaired) electrons. The van der Waals surface area contributed by atoms with E-state index < -0.39 is 18.8 Å². The van der Waals surface area contributed by atoms with Gasteiger partial charge in [0, 0.05) is 18.9 Å². The second kappa shape index (κ2) is 9.57. The van der Waals surface area contributed by atoms with E-state index in [4.69, 9.17) is 14.8 Å². The minimum absolute atomic E-state index is 0.00184. The molecule has 31 heavy (non-hydrogen) atoms. The number of benzene rings is 1. The number of amides is 2. The van der Waals surface area contributed by atoms with E-state index in [-0.39, 0.29) is 59.5 Å². The highest BCUT2D eigenvalue weighted by molar-refractivity contribution is 6.41. The van der Waals surface area contributed by atoms with Crippen molar-refractivity contribution in [2.45, 2.75) is 51.1 Å². The number of carbonyl (C=O) groups is 3. The van der Waals surface area contributed by atoms with Crippen molar-refractivity contribution in [3.05, 3.63) is 23.3 Å². The Hall–Kier alpha value is -2.79. The summed E-state index contributed by atoms with van der Waals surface area (Å²) in [6.45, 7) is 2.09. The van der Waals surface area contributed by atoms with Crippen molar-refractivity contribution in [1.29, 1.82) is 0 Å². The lowest BCUT2D eigenvalue weighted by Crippen LogP contribution is -2.57. The Morgan fingerprint density at radius 1 is 1.23 bits per heavy atom. The van der Waals surface area contributed by atoms with Gasteiger partial charge in [-0.1, -0.05) is 6.07 Å². The minimum atomic E-state index is -1.56. The summed E-state index contributed by atoms with van der Waals surface area (Å²) >= 11 is 0. The third kappa shape index (κ3) is 5.48. The van der Waals surface area contributed by atoms with Gasteiger partial charge in [0.25, 0.3) is 0 Å². The maximum atomic E-state index is 12.6. The number of rotatable bonds is 8. The van der Waals surface area contributed by atoms with Gasteiger partial charge in [0.15, 0.2) is 0 Å². The Kier molecular flexibility index (Phi) is 7.06. The fraction of sp³-hybridized carbons (Fsp3) is 0.550. The third-order valence-electron chi connectivity index (χ3n) is 5.75. The quantitative estimate of drug-likeness (QED) is 0.358. The van der Waals surface area contributed by atoms with Crippen LogP contribution in [0.5, 0.6) is 11.5 Å². The average Bonchev–Trinajstić information content (AvgIpc) is 3.10. The number of aromatic hydroxyl groups is 1. The van der Waals surface area contributed by atoms with Crippen LogP contribution in [0, 0.1) is 5.92 Å². The van der Waals surface area contributed by atoms with E-state index >= 15 is 0 Å². The molecule has 1 saturated carbocycles. The Labute approximate surface area is 180 Å². The van der Waals surface area contributed by atoms with Crippen molar-refractivity contribution in [1.82, 2.24) is 10.2 Å². The van der Waals surface area contributed by atoms with Gasteiger partial charge in [-0.05, 0) is 43.6 Å². The van der Waals surface area contributed by atoms with E-state index in [1.54, 1.807) is 4.90 Å². The van der Waals surface area contributed by atoms with E-state index in [0.717, 1.165) is 6.42 Å². The number of aromatic carboxylic acids is 1. The van der Waals surface area contributed by atoms with Crippen LogP contribution in [0.25, 0.3) is 0 Å². The molecule has 3 rings (SSSR count). The van der Waals surface area contributed by atoms with Crippen molar-refractivity contribution >= 4 is 24.9 Å². The van der Waals surface area contributed by atoms with E-state index in [1.807, 2.05) is 0 Å². The maximum absolute atomic E-state index is 12.6. The van der Waals surface area contributed by atoms with Crippen LogP contribution in [0.15, 0.2) is 12.1 Å². The van der Waals surface area contributed by atoms with Gasteiger partial charge in [-0.2, -0.15) is 0 Å². The fourth-order valence-electron chi connectivity index (χ4n) is 4.16. The van der Waals surface area contributed by atoms with Crippen LogP contribution in [-0.4, -0.2) is 75.3 Å². The Morgan fingerprint density at radius 2 is 1.94 bits per heavy atom. The Morgan fingerprint density at radius 3 is 2.55 bits per heavy atom. The summed E-state index contributed by atoms with van der Waals surface area (Å²) in [4.78, 5) is 37.1. The van der Waals surface area contributed by atoms with Gasteiger partial charge in [0.2, 0.25) is 11.8 Å². The molecule has 2 amide bonds. The fourth-order valence-corrected chi connectivity index (χ4v) is 4.16. The molecule has 0 unspecified atom stereocenters. The molecule has 1 aromatic carbocycles. The van der Waals surface area contributed by atoms with Crippen LogP contribution in [0.2, 0.25) is 6.32 Å². The predicted octanol–water partition coefficient (Wildman–Crippen LogP) is 0.000100. The van der Waals surface area contributed by atoms with Crippen molar-refractivity contribution in [3.63, 3.8) is 0 Å². The van der Waals surface area contributed by atoms with Gasteiger partial charge >= 0.3 is 13.1 Å². The van der Waals surface area contributed by atoms with Crippen LogP contribution in [0.1, 0.15) is 42.1 Å². The van der Waals surface area contributed by atoms with Crippen LogP contribution < -0.4 is 10.1 Å². The molecular weight excluding hydrogens is 407 g/mol. The number of carbonyl (C=O) groups excluding carboxylic acids is 2. The number of likely N-dealkylation sites (tertiary alicyclic amines) is 1. The van der Waals surface area contributed by atoms with E-state index in [9.17, 15) is 24.6 Å². The first-order chi connectivity index (χ1) is 14.7.